The summed E-state index contributed by atoms with van der Waals surface area (Å²) in [5.41, 5.74) is 4.35. The fourth-order valence-corrected chi connectivity index (χ4v) is 5.98. The molecule has 1 fully saturated rings. The van der Waals surface area contributed by atoms with Crippen molar-refractivity contribution in [1.82, 2.24) is 14.9 Å². The molecule has 2 aromatic heterocycles. The summed E-state index contributed by atoms with van der Waals surface area (Å²) in [6.07, 6.45) is 3.33. The number of aliphatic hydroxyl groups is 1. The van der Waals surface area contributed by atoms with Gasteiger partial charge in [0.2, 0.25) is 0 Å². The molecule has 2 unspecified atom stereocenters. The molecule has 38 heavy (non-hydrogen) atoms. The zero-order valence-electron chi connectivity index (χ0n) is 20.5. The van der Waals surface area contributed by atoms with Crippen LogP contribution >= 0.6 is 11.6 Å². The number of carbonyl (C=O) groups is 2. The lowest BCUT2D eigenvalue weighted by Crippen LogP contribution is -2.38. The number of aryl methyl sites for hydroxylation is 1. The van der Waals surface area contributed by atoms with Crippen molar-refractivity contribution in [1.29, 1.82) is 0 Å². The third kappa shape index (κ3) is 3.97. The van der Waals surface area contributed by atoms with E-state index in [1.165, 1.54) is 24.3 Å². The number of phenols is 1. The number of halogens is 1. The number of fused-ring (bicyclic) bond motifs is 4. The number of rotatable bonds is 4. The van der Waals surface area contributed by atoms with Crippen molar-refractivity contribution in [2.75, 3.05) is 17.7 Å². The number of aromatic nitrogens is 2. The Bertz CT molecular complexity index is 1610. The number of hydrogen-bond acceptors (Lipinski definition) is 5. The van der Waals surface area contributed by atoms with Gasteiger partial charge in [-0.1, -0.05) is 18.2 Å². The molecular formula is C29H25ClN4O4. The highest BCUT2D eigenvalue weighted by Gasteiger charge is 2.47. The molecule has 9 heteroatoms. The number of carbonyl (C=O) groups excluding carboxylic acids is 2. The Morgan fingerprint density at radius 1 is 1.16 bits per heavy atom. The Morgan fingerprint density at radius 2 is 1.95 bits per heavy atom. The second-order valence-electron chi connectivity index (χ2n) is 9.82. The smallest absolute Gasteiger partial charge is 0.270 e. The molecule has 1 aliphatic carbocycles. The maximum Gasteiger partial charge on any atom is 0.270 e. The number of alkyl halides is 1. The minimum Gasteiger partial charge on any atom is -0.508 e. The lowest BCUT2D eigenvalue weighted by molar-refractivity contribution is 0.0748. The number of phenolic OH excluding ortho intramolecular Hbond substituents is 1. The van der Waals surface area contributed by atoms with Crippen LogP contribution in [0.25, 0.3) is 16.7 Å². The van der Waals surface area contributed by atoms with Crippen LogP contribution in [0.15, 0.2) is 66.9 Å². The number of H-pyrrole nitrogens is 1. The summed E-state index contributed by atoms with van der Waals surface area (Å²) in [4.78, 5) is 35.5. The number of likely N-dealkylation sites (tertiary alicyclic amines) is 1. The lowest BCUT2D eigenvalue weighted by Gasteiger charge is -2.32. The van der Waals surface area contributed by atoms with Gasteiger partial charge in [-0.25, -0.2) is 4.98 Å². The first-order chi connectivity index (χ1) is 18.3. The van der Waals surface area contributed by atoms with E-state index in [0.29, 0.717) is 35.0 Å². The summed E-state index contributed by atoms with van der Waals surface area (Å²) >= 11 is 6.39. The molecular weight excluding hydrogens is 504 g/mol. The van der Waals surface area contributed by atoms with Gasteiger partial charge in [-0.2, -0.15) is 0 Å². The van der Waals surface area contributed by atoms with Crippen molar-refractivity contribution in [3.05, 3.63) is 94.8 Å². The minimum atomic E-state index is -0.363. The summed E-state index contributed by atoms with van der Waals surface area (Å²) in [6.45, 7) is 2.49. The molecule has 2 aromatic carbocycles. The van der Waals surface area contributed by atoms with Crippen molar-refractivity contribution in [2.24, 2.45) is 5.92 Å². The second kappa shape index (κ2) is 9.22. The van der Waals surface area contributed by atoms with Crippen LogP contribution in [0.2, 0.25) is 0 Å². The van der Waals surface area contributed by atoms with E-state index >= 15 is 0 Å². The SMILES string of the molecule is Cc1cccc2c1C1C(C=C2O)N(C(=O)c2cc3cc(NC(=O)c4ccc(O)cc4)ncc3[nH]2)C[C@H]1CCl. The fraction of sp³-hybridized carbons (Fsp3) is 0.207. The number of hydrogen-bond donors (Lipinski definition) is 4. The number of nitrogens with zero attached hydrogens (tertiary/aromatic N) is 2. The number of aromatic hydroxyl groups is 1. The van der Waals surface area contributed by atoms with E-state index in [2.05, 4.69) is 15.3 Å². The van der Waals surface area contributed by atoms with E-state index in [1.807, 2.05) is 25.1 Å². The Kier molecular flexibility index (Phi) is 5.84. The normalized spacial score (nSPS) is 20.1. The molecule has 0 radical (unpaired) electrons. The van der Waals surface area contributed by atoms with E-state index < -0.39 is 0 Å². The van der Waals surface area contributed by atoms with Crippen LogP contribution in [0.3, 0.4) is 0 Å². The van der Waals surface area contributed by atoms with Crippen LogP contribution in [0, 0.1) is 12.8 Å². The van der Waals surface area contributed by atoms with Crippen molar-refractivity contribution >= 4 is 45.9 Å². The van der Waals surface area contributed by atoms with E-state index in [1.54, 1.807) is 29.3 Å². The molecule has 4 N–H and O–H groups in total. The summed E-state index contributed by atoms with van der Waals surface area (Å²) in [5.74, 6) is 0.466. The molecule has 8 nitrogen and oxygen atoms in total. The van der Waals surface area contributed by atoms with Crippen molar-refractivity contribution in [3.8, 4) is 5.75 Å². The third-order valence-corrected chi connectivity index (χ3v) is 7.89. The highest BCUT2D eigenvalue weighted by atomic mass is 35.5. The Hall–Kier alpha value is -4.30. The third-order valence-electron chi connectivity index (χ3n) is 7.49. The number of nitrogens with one attached hydrogen (secondary N) is 2. The molecule has 192 valence electrons. The fourth-order valence-electron chi connectivity index (χ4n) is 5.69. The number of amides is 2. The van der Waals surface area contributed by atoms with Crippen LogP contribution in [0.4, 0.5) is 5.82 Å². The van der Waals surface area contributed by atoms with Crippen molar-refractivity contribution < 1.29 is 19.8 Å². The van der Waals surface area contributed by atoms with Crippen LogP contribution in [0.5, 0.6) is 5.75 Å². The number of aromatic amines is 1. The van der Waals surface area contributed by atoms with Gasteiger partial charge >= 0.3 is 0 Å². The van der Waals surface area contributed by atoms with Gasteiger partial charge in [0.15, 0.2) is 0 Å². The van der Waals surface area contributed by atoms with E-state index in [-0.39, 0.29) is 41.2 Å². The standard InChI is InChI=1S/C29H25ClN4O4/c1-15-3-2-4-20-24(36)11-23-27(26(15)20)18(12-30)14-34(23)29(38)21-9-17-10-25(31-13-22(17)32-21)33-28(37)16-5-7-19(35)8-6-16/h2-11,13,18,23,27,32,35-36H,12,14H2,1H3,(H,31,33,37)/t18-,23?,27?/m1/s1. The number of aliphatic hydroxyl groups excluding tert-OH is 1. The highest BCUT2D eigenvalue weighted by Crippen LogP contribution is 2.47. The molecule has 2 amide bonds. The minimum absolute atomic E-state index is 0.00342. The summed E-state index contributed by atoms with van der Waals surface area (Å²) < 4.78 is 0. The van der Waals surface area contributed by atoms with Gasteiger partial charge in [0.25, 0.3) is 11.8 Å². The molecule has 0 spiro atoms. The molecule has 3 heterocycles. The first-order valence-corrected chi connectivity index (χ1v) is 12.8. The number of pyridine rings is 1. The Morgan fingerprint density at radius 3 is 2.71 bits per heavy atom. The summed E-state index contributed by atoms with van der Waals surface area (Å²) in [6, 6.07) is 14.9. The number of benzene rings is 2. The molecule has 1 aliphatic heterocycles. The van der Waals surface area contributed by atoms with Crippen LogP contribution < -0.4 is 5.32 Å². The van der Waals surface area contributed by atoms with Crippen LogP contribution in [-0.2, 0) is 0 Å². The van der Waals surface area contributed by atoms with Crippen molar-refractivity contribution in [3.63, 3.8) is 0 Å². The van der Waals surface area contributed by atoms with Gasteiger partial charge in [0.1, 0.15) is 23.0 Å². The zero-order valence-corrected chi connectivity index (χ0v) is 21.2. The first-order valence-electron chi connectivity index (χ1n) is 12.3. The molecule has 2 aliphatic rings. The Balaban J connectivity index is 1.28. The van der Waals surface area contributed by atoms with E-state index in [0.717, 1.165) is 22.1 Å². The largest absolute Gasteiger partial charge is 0.508 e. The quantitative estimate of drug-likeness (QED) is 0.271. The van der Waals surface area contributed by atoms with Crippen LogP contribution in [-0.4, -0.2) is 55.4 Å². The molecule has 0 bridgehead atoms. The van der Waals surface area contributed by atoms with Gasteiger partial charge in [-0.3, -0.25) is 9.59 Å². The van der Waals surface area contributed by atoms with Gasteiger partial charge in [-0.05, 0) is 66.4 Å². The Labute approximate surface area is 223 Å². The monoisotopic (exact) mass is 528 g/mol. The summed E-state index contributed by atoms with van der Waals surface area (Å²) in [5, 5.41) is 23.7. The molecule has 3 atom stereocenters. The summed E-state index contributed by atoms with van der Waals surface area (Å²) in [7, 11) is 0. The molecule has 6 rings (SSSR count). The average molecular weight is 529 g/mol. The highest BCUT2D eigenvalue weighted by molar-refractivity contribution is 6.18. The average Bonchev–Trinajstić information content (AvgIpc) is 3.50. The maximum absolute atomic E-state index is 13.7. The predicted molar refractivity (Wildman–Crippen MR) is 146 cm³/mol. The molecule has 4 aromatic rings. The van der Waals surface area contributed by atoms with Crippen LogP contribution in [0.1, 0.15) is 43.5 Å². The molecule has 1 saturated heterocycles. The van der Waals surface area contributed by atoms with Gasteiger partial charge in [0.05, 0.1) is 17.8 Å². The van der Waals surface area contributed by atoms with E-state index in [9.17, 15) is 19.8 Å². The van der Waals surface area contributed by atoms with Crippen molar-refractivity contribution in [2.45, 2.75) is 18.9 Å². The van der Waals surface area contributed by atoms with Gasteiger partial charge in [-0.15, -0.1) is 11.6 Å². The lowest BCUT2D eigenvalue weighted by atomic mass is 9.76. The number of anilines is 1. The zero-order chi connectivity index (χ0) is 26.6. The molecule has 0 saturated carbocycles. The predicted octanol–water partition coefficient (Wildman–Crippen LogP) is 5.20. The topological polar surface area (TPSA) is 119 Å². The second-order valence-corrected chi connectivity index (χ2v) is 10.1. The van der Waals surface area contributed by atoms with E-state index in [4.69, 9.17) is 11.6 Å². The van der Waals surface area contributed by atoms with Gasteiger partial charge < -0.3 is 25.4 Å². The van der Waals surface area contributed by atoms with Gasteiger partial charge in [0, 0.05) is 34.9 Å². The maximum atomic E-state index is 13.7. The first kappa shape index (κ1) is 24.1.